The molecule has 0 atom stereocenters. The van der Waals surface area contributed by atoms with Crippen molar-refractivity contribution in [2.24, 2.45) is 0 Å². The molecule has 0 radical (unpaired) electrons. The van der Waals surface area contributed by atoms with Crippen LogP contribution in [0.3, 0.4) is 0 Å². The van der Waals surface area contributed by atoms with Crippen LogP contribution in [-0.2, 0) is 22.7 Å². The van der Waals surface area contributed by atoms with Crippen molar-refractivity contribution in [3.05, 3.63) is 495 Å². The molecule has 0 bridgehead atoms. The smallest absolute Gasteiger partial charge is 0.119 e. The van der Waals surface area contributed by atoms with Gasteiger partial charge < -0.3 is 38.5 Å². The predicted octanol–water partition coefficient (Wildman–Crippen LogP) is 37.4. The van der Waals surface area contributed by atoms with Gasteiger partial charge in [-0.05, 0) is 344 Å². The van der Waals surface area contributed by atoms with Gasteiger partial charge in [0.2, 0.25) is 0 Å². The van der Waals surface area contributed by atoms with Crippen LogP contribution < -0.4 is 29.1 Å². The Morgan fingerprint density at radius 1 is 0.211 bits per heavy atom. The molecule has 0 aromatic heterocycles. The summed E-state index contributed by atoms with van der Waals surface area (Å²) in [5.41, 5.74) is 37.7. The maximum absolute atomic E-state index is 6.11. The summed E-state index contributed by atoms with van der Waals surface area (Å²) >= 11 is 0. The minimum absolute atomic E-state index is 0.450. The minimum Gasteiger partial charge on any atom is -0.494 e. The maximum Gasteiger partial charge on any atom is 0.119 e. The van der Waals surface area contributed by atoms with E-state index in [2.05, 4.69) is 433 Å². The van der Waals surface area contributed by atoms with Crippen molar-refractivity contribution in [3.8, 4) is 89.4 Å². The fourth-order valence-corrected chi connectivity index (χ4v) is 20.4. The van der Waals surface area contributed by atoms with Crippen LogP contribution in [0.5, 0.6) is 11.5 Å². The van der Waals surface area contributed by atoms with Crippen molar-refractivity contribution >= 4 is 80.4 Å². The second-order valence-electron chi connectivity index (χ2n) is 37.5. The van der Waals surface area contributed by atoms with Gasteiger partial charge in [-0.25, -0.2) is 0 Å². The number of rotatable bonds is 39. The highest BCUT2D eigenvalue weighted by Crippen LogP contribution is 2.50. The van der Waals surface area contributed by atoms with Gasteiger partial charge in [0.25, 0.3) is 0 Å². The SMILES string of the molecule is C=Cc1ccc(OCCCCOCc2ccc(N(c3ccccc3)c3ccc(-c4ccc(-c5ccc(-c6ccc(N(c7ccccc7)c7ccc(-c8ccc(N(c9ccccc9)c9ccc(-c%10ccc(-c%11ccc(-c%12ccc(N(c%13ccccc%13)c%13ccc(COCCCCOc%14ccc(C=C)cc%14)cc%13)cc%12)cc%11)cc%10)cc9)cc8C8CCCCC8)c(C8CCCCC8)c7)cc6)cc5)cc4)cc3)cc2)cc1. The highest BCUT2D eigenvalue weighted by Gasteiger charge is 2.29. The molecule has 0 unspecified atom stereocenters. The Hall–Kier alpha value is -15.8. The number of para-hydroxylation sites is 4. The minimum atomic E-state index is 0.450. The molecule has 0 saturated heterocycles. The van der Waals surface area contributed by atoms with E-state index in [0.29, 0.717) is 51.5 Å². The zero-order chi connectivity index (χ0) is 95.8. The lowest BCUT2D eigenvalue weighted by molar-refractivity contribution is 0.113. The third kappa shape index (κ3) is 23.0. The second kappa shape index (κ2) is 46.3. The van der Waals surface area contributed by atoms with E-state index >= 15 is 0 Å². The number of ether oxygens (including phenoxy) is 4. The van der Waals surface area contributed by atoms with Gasteiger partial charge in [0, 0.05) is 81.5 Å². The molecule has 2 aliphatic carbocycles. The van der Waals surface area contributed by atoms with Crippen molar-refractivity contribution in [1.29, 1.82) is 0 Å². The number of benzene rings is 18. The van der Waals surface area contributed by atoms with Crippen LogP contribution in [0.1, 0.15) is 135 Å². The summed E-state index contributed by atoms with van der Waals surface area (Å²) in [5, 5.41) is 0. The highest BCUT2D eigenvalue weighted by molar-refractivity contribution is 5.88. The van der Waals surface area contributed by atoms with E-state index in [-0.39, 0.29) is 0 Å². The molecule has 2 aliphatic rings. The van der Waals surface area contributed by atoms with E-state index in [4.69, 9.17) is 18.9 Å². The number of hydrogen-bond donors (Lipinski definition) is 0. The average molecular weight is 1850 g/mol. The molecule has 142 heavy (non-hydrogen) atoms. The predicted molar refractivity (Wildman–Crippen MR) is 597 cm³/mol. The number of nitrogens with zero attached hydrogens (tertiary/aromatic N) is 4. The van der Waals surface area contributed by atoms with Crippen LogP contribution in [0, 0.1) is 0 Å². The summed E-state index contributed by atoms with van der Waals surface area (Å²) in [6, 6.07) is 164. The molecule has 18 aromatic carbocycles. The lowest BCUT2D eigenvalue weighted by Crippen LogP contribution is -2.14. The first-order valence-corrected chi connectivity index (χ1v) is 50.9. The van der Waals surface area contributed by atoms with Gasteiger partial charge in [0.1, 0.15) is 11.5 Å². The van der Waals surface area contributed by atoms with Gasteiger partial charge >= 0.3 is 0 Å². The van der Waals surface area contributed by atoms with Gasteiger partial charge in [-0.2, -0.15) is 0 Å². The van der Waals surface area contributed by atoms with Gasteiger partial charge in [0.05, 0.1) is 26.4 Å². The summed E-state index contributed by atoms with van der Waals surface area (Å²) in [6.45, 7) is 11.5. The largest absolute Gasteiger partial charge is 0.494 e. The second-order valence-corrected chi connectivity index (χ2v) is 37.5. The topological polar surface area (TPSA) is 49.9 Å². The van der Waals surface area contributed by atoms with E-state index in [1.54, 1.807) is 0 Å². The molecular formula is C134H122N4O4. The van der Waals surface area contributed by atoms with Gasteiger partial charge in [-0.1, -0.05) is 343 Å². The number of anilines is 12. The first-order chi connectivity index (χ1) is 70.3. The molecule has 0 amide bonds. The van der Waals surface area contributed by atoms with E-state index in [1.807, 2.05) is 60.7 Å². The lowest BCUT2D eigenvalue weighted by Gasteiger charge is -2.32. The maximum atomic E-state index is 6.11. The Bertz CT molecular complexity index is 6650. The molecule has 0 N–H and O–H groups in total. The molecule has 0 heterocycles. The monoisotopic (exact) mass is 1850 g/mol. The molecule has 20 rings (SSSR count). The van der Waals surface area contributed by atoms with Crippen LogP contribution >= 0.6 is 0 Å². The molecule has 8 heteroatoms. The van der Waals surface area contributed by atoms with Crippen LogP contribution in [0.25, 0.3) is 90.0 Å². The quantitative estimate of drug-likeness (QED) is 0.0353. The summed E-state index contributed by atoms with van der Waals surface area (Å²) in [6.07, 6.45) is 19.7. The summed E-state index contributed by atoms with van der Waals surface area (Å²) in [7, 11) is 0. The zero-order valence-electron chi connectivity index (χ0n) is 81.0. The summed E-state index contributed by atoms with van der Waals surface area (Å²) in [5.74, 6) is 2.66. The van der Waals surface area contributed by atoms with Crippen molar-refractivity contribution in [2.45, 2.75) is 115 Å². The molecule has 18 aromatic rings. The summed E-state index contributed by atoms with van der Waals surface area (Å²) < 4.78 is 24.1. The molecule has 2 fully saturated rings. The van der Waals surface area contributed by atoms with Crippen molar-refractivity contribution in [2.75, 3.05) is 46.0 Å². The number of unbranched alkanes of at least 4 members (excludes halogenated alkanes) is 2. The Balaban J connectivity index is 0.493. The van der Waals surface area contributed by atoms with Crippen molar-refractivity contribution < 1.29 is 18.9 Å². The van der Waals surface area contributed by atoms with Crippen LogP contribution in [0.2, 0.25) is 0 Å². The van der Waals surface area contributed by atoms with E-state index in [9.17, 15) is 0 Å². The Labute approximate surface area is 839 Å². The third-order valence-electron chi connectivity index (χ3n) is 28.1. The van der Waals surface area contributed by atoms with E-state index < -0.39 is 0 Å². The normalized spacial score (nSPS) is 12.7. The van der Waals surface area contributed by atoms with Gasteiger partial charge in [0.15, 0.2) is 0 Å². The standard InChI is InChI=1S/C134H122N4O4/c1-3-99-43-85-129(86-44-99)141-93-25-23-91-139-97-101-39-71-121(72-40-101)135(117-31-15-7-16-32-117)123-75-63-111(64-76-123)107-55-47-103(48-56-107)105-51-59-109(60-52-105)113-67-79-125(80-68-113)137(119-35-19-9-20-36-119)127-83-89-131(133(95-127)115-27-11-5-12-28-115)132-90-84-128(96-134(132)116-29-13-6-14-30-116)138(120-37-21-10-22-38-120)126-81-69-114(70-82-126)110-61-53-106(54-62-110)104-49-57-108(58-50-104)112-65-77-124(78-66-112)136(118-33-17-8-18-34-118)122-73-41-102(42-74-122)98-140-92-24-26-94-142-130-87-45-100(4-2)46-88-130/h3-4,7-10,15-22,31-90,95-96,115-116H,1-2,5-6,11-14,23-30,91-94,97-98H2. The molecule has 2 saturated carbocycles. The lowest BCUT2D eigenvalue weighted by atomic mass is 9.76. The van der Waals surface area contributed by atoms with E-state index in [0.717, 1.165) is 116 Å². The average Bonchev–Trinajstić information content (AvgIpc) is 0.758. The highest BCUT2D eigenvalue weighted by atomic mass is 16.5. The molecule has 8 nitrogen and oxygen atoms in total. The summed E-state index contributed by atoms with van der Waals surface area (Å²) in [4.78, 5) is 9.57. The molecule has 702 valence electrons. The van der Waals surface area contributed by atoms with E-state index in [1.165, 1.54) is 165 Å². The van der Waals surface area contributed by atoms with Crippen LogP contribution in [0.15, 0.2) is 462 Å². The Morgan fingerprint density at radius 3 is 0.669 bits per heavy atom. The first kappa shape index (κ1) is 93.8. The molecular weight excluding hydrogens is 1730 g/mol. The first-order valence-electron chi connectivity index (χ1n) is 50.9. The fraction of sp³-hybridized carbons (Fsp3) is 0.164. The zero-order valence-corrected chi connectivity index (χ0v) is 81.0. The Kier molecular flexibility index (Phi) is 30.6. The fourth-order valence-electron chi connectivity index (χ4n) is 20.4. The molecule has 0 aliphatic heterocycles. The van der Waals surface area contributed by atoms with Gasteiger partial charge in [-0.3, -0.25) is 0 Å². The van der Waals surface area contributed by atoms with Crippen LogP contribution in [0.4, 0.5) is 68.2 Å². The van der Waals surface area contributed by atoms with Gasteiger partial charge in [-0.15, -0.1) is 0 Å². The van der Waals surface area contributed by atoms with Crippen LogP contribution in [-0.4, -0.2) is 26.4 Å². The number of hydrogen-bond acceptors (Lipinski definition) is 8. The Morgan fingerprint density at radius 2 is 0.423 bits per heavy atom. The molecule has 0 spiro atoms. The third-order valence-corrected chi connectivity index (χ3v) is 28.1. The van der Waals surface area contributed by atoms with Crippen molar-refractivity contribution in [3.63, 3.8) is 0 Å². The van der Waals surface area contributed by atoms with Crippen molar-refractivity contribution in [1.82, 2.24) is 0 Å².